The molecule has 3 heteroatoms. The molecule has 1 nitrogen and oxygen atoms in total. The Hall–Kier alpha value is -1.74. The van der Waals surface area contributed by atoms with Crippen LogP contribution in [-0.4, -0.2) is 12.6 Å². The average molecular weight is 394 g/mol. The summed E-state index contributed by atoms with van der Waals surface area (Å²) >= 11 is 7.88. The summed E-state index contributed by atoms with van der Waals surface area (Å²) in [5, 5.41) is 4.51. The van der Waals surface area contributed by atoms with E-state index in [2.05, 4.69) is 72.9 Å². The third-order valence-electron chi connectivity index (χ3n) is 5.19. The second kappa shape index (κ2) is 8.52. The monoisotopic (exact) mass is 393 g/mol. The Bertz CT molecular complexity index is 861. The maximum absolute atomic E-state index is 5.98. The van der Waals surface area contributed by atoms with Crippen molar-refractivity contribution in [3.8, 4) is 0 Å². The molecular formula is C24H24ClNS. The minimum absolute atomic E-state index is 0.439. The van der Waals surface area contributed by atoms with E-state index in [4.69, 9.17) is 11.6 Å². The van der Waals surface area contributed by atoms with Gasteiger partial charge in [0.05, 0.1) is 0 Å². The van der Waals surface area contributed by atoms with Gasteiger partial charge in [0, 0.05) is 26.8 Å². The molecule has 0 saturated heterocycles. The predicted octanol–water partition coefficient (Wildman–Crippen LogP) is 6.55. The van der Waals surface area contributed by atoms with Crippen molar-refractivity contribution in [2.24, 2.45) is 0 Å². The van der Waals surface area contributed by atoms with Gasteiger partial charge in [-0.25, -0.2) is 0 Å². The molecule has 0 aliphatic carbocycles. The standard InChI is InChI=1S/C24H24ClNS/c1-17(16-18-10-12-19(25)13-11-18)26-15-14-20-21-6-2-4-8-23(21)27-24-9-5-3-7-22(20)24/h2-13,17,20,26H,14-16H2,1H3. The van der Waals surface area contributed by atoms with Crippen LogP contribution in [0.4, 0.5) is 0 Å². The molecule has 1 heterocycles. The molecule has 0 radical (unpaired) electrons. The first-order chi connectivity index (χ1) is 13.2. The lowest BCUT2D eigenvalue weighted by Crippen LogP contribution is -2.30. The van der Waals surface area contributed by atoms with E-state index in [1.807, 2.05) is 23.9 Å². The molecule has 1 aliphatic heterocycles. The van der Waals surface area contributed by atoms with Gasteiger partial charge >= 0.3 is 0 Å². The average Bonchev–Trinajstić information content (AvgIpc) is 2.69. The van der Waals surface area contributed by atoms with Gasteiger partial charge in [-0.1, -0.05) is 71.9 Å². The Morgan fingerprint density at radius 1 is 0.889 bits per heavy atom. The van der Waals surface area contributed by atoms with Crippen LogP contribution in [-0.2, 0) is 6.42 Å². The van der Waals surface area contributed by atoms with Crippen molar-refractivity contribution in [1.29, 1.82) is 0 Å². The molecule has 3 aromatic rings. The van der Waals surface area contributed by atoms with Gasteiger partial charge in [0.2, 0.25) is 0 Å². The van der Waals surface area contributed by atoms with Crippen LogP contribution >= 0.6 is 23.4 Å². The summed E-state index contributed by atoms with van der Waals surface area (Å²) in [6.07, 6.45) is 2.13. The maximum Gasteiger partial charge on any atom is 0.0406 e. The van der Waals surface area contributed by atoms with Crippen molar-refractivity contribution in [2.45, 2.75) is 41.5 Å². The lowest BCUT2D eigenvalue weighted by molar-refractivity contribution is 0.516. The molecule has 27 heavy (non-hydrogen) atoms. The highest BCUT2D eigenvalue weighted by molar-refractivity contribution is 7.99. The summed E-state index contributed by atoms with van der Waals surface area (Å²) in [4.78, 5) is 2.80. The van der Waals surface area contributed by atoms with Gasteiger partial charge in [0.15, 0.2) is 0 Å². The van der Waals surface area contributed by atoms with E-state index < -0.39 is 0 Å². The number of rotatable bonds is 6. The lowest BCUT2D eigenvalue weighted by atomic mass is 9.88. The zero-order valence-corrected chi connectivity index (χ0v) is 17.1. The lowest BCUT2D eigenvalue weighted by Gasteiger charge is -2.28. The van der Waals surface area contributed by atoms with Gasteiger partial charge in [-0.15, -0.1) is 0 Å². The highest BCUT2D eigenvalue weighted by atomic mass is 35.5. The maximum atomic E-state index is 5.98. The molecule has 0 fully saturated rings. The normalized spacial score (nSPS) is 14.4. The zero-order valence-electron chi connectivity index (χ0n) is 15.5. The summed E-state index contributed by atoms with van der Waals surface area (Å²) in [5.41, 5.74) is 4.26. The van der Waals surface area contributed by atoms with Gasteiger partial charge in [0.1, 0.15) is 0 Å². The van der Waals surface area contributed by atoms with E-state index in [0.29, 0.717) is 12.0 Å². The van der Waals surface area contributed by atoms with Crippen molar-refractivity contribution in [2.75, 3.05) is 6.54 Å². The van der Waals surface area contributed by atoms with E-state index in [1.165, 1.54) is 26.5 Å². The van der Waals surface area contributed by atoms with Crippen molar-refractivity contribution < 1.29 is 0 Å². The fourth-order valence-electron chi connectivity index (χ4n) is 3.84. The Labute approximate surface area is 171 Å². The van der Waals surface area contributed by atoms with Crippen LogP contribution in [0.5, 0.6) is 0 Å². The Morgan fingerprint density at radius 3 is 2.11 bits per heavy atom. The first-order valence-corrected chi connectivity index (χ1v) is 10.7. The minimum atomic E-state index is 0.439. The molecular weight excluding hydrogens is 370 g/mol. The van der Waals surface area contributed by atoms with Crippen molar-refractivity contribution in [1.82, 2.24) is 5.32 Å². The van der Waals surface area contributed by atoms with Gasteiger partial charge in [-0.3, -0.25) is 0 Å². The Balaban J connectivity index is 1.41. The van der Waals surface area contributed by atoms with Crippen molar-refractivity contribution >= 4 is 23.4 Å². The number of hydrogen-bond acceptors (Lipinski definition) is 2. The molecule has 0 amide bonds. The highest BCUT2D eigenvalue weighted by Crippen LogP contribution is 2.46. The van der Waals surface area contributed by atoms with Gasteiger partial charge in [-0.2, -0.15) is 0 Å². The molecule has 138 valence electrons. The summed E-state index contributed by atoms with van der Waals surface area (Å²) in [7, 11) is 0. The van der Waals surface area contributed by atoms with Crippen LogP contribution < -0.4 is 5.32 Å². The third-order valence-corrected chi connectivity index (χ3v) is 6.63. The van der Waals surface area contributed by atoms with E-state index in [9.17, 15) is 0 Å². The summed E-state index contributed by atoms with van der Waals surface area (Å²) < 4.78 is 0. The minimum Gasteiger partial charge on any atom is -0.314 e. The molecule has 4 rings (SSSR count). The van der Waals surface area contributed by atoms with Crippen LogP contribution in [0.1, 0.15) is 36.0 Å². The van der Waals surface area contributed by atoms with Crippen LogP contribution in [0, 0.1) is 0 Å². The molecule has 0 spiro atoms. The fraction of sp³-hybridized carbons (Fsp3) is 0.250. The van der Waals surface area contributed by atoms with Gasteiger partial charge in [-0.05, 0) is 67.3 Å². The second-order valence-electron chi connectivity index (χ2n) is 7.20. The predicted molar refractivity (Wildman–Crippen MR) is 116 cm³/mol. The van der Waals surface area contributed by atoms with E-state index in [1.54, 1.807) is 0 Å². The van der Waals surface area contributed by atoms with Gasteiger partial charge in [0.25, 0.3) is 0 Å². The molecule has 1 atom stereocenters. The van der Waals surface area contributed by atoms with Crippen molar-refractivity contribution in [3.63, 3.8) is 0 Å². The SMILES string of the molecule is CC(Cc1ccc(Cl)cc1)NCCC1c2ccccc2Sc2ccccc21. The van der Waals surface area contributed by atoms with E-state index in [-0.39, 0.29) is 0 Å². The first-order valence-electron chi connectivity index (χ1n) is 9.54. The Morgan fingerprint density at radius 2 is 1.48 bits per heavy atom. The number of halogens is 1. The smallest absolute Gasteiger partial charge is 0.0406 e. The fourth-order valence-corrected chi connectivity index (χ4v) is 5.15. The molecule has 3 aromatic carbocycles. The van der Waals surface area contributed by atoms with Crippen LogP contribution in [0.3, 0.4) is 0 Å². The third kappa shape index (κ3) is 4.40. The zero-order chi connectivity index (χ0) is 18.6. The molecule has 1 N–H and O–H groups in total. The summed E-state index contributed by atoms with van der Waals surface area (Å²) in [6.45, 7) is 3.26. The highest BCUT2D eigenvalue weighted by Gasteiger charge is 2.25. The number of hydrogen-bond donors (Lipinski definition) is 1. The molecule has 0 saturated carbocycles. The summed E-state index contributed by atoms with van der Waals surface area (Å²) in [6, 6.07) is 26.3. The largest absolute Gasteiger partial charge is 0.314 e. The topological polar surface area (TPSA) is 12.0 Å². The van der Waals surface area contributed by atoms with Crippen LogP contribution in [0.15, 0.2) is 82.6 Å². The molecule has 0 aromatic heterocycles. The number of nitrogens with one attached hydrogen (secondary N) is 1. The summed E-state index contributed by atoms with van der Waals surface area (Å²) in [5.74, 6) is 0.467. The number of fused-ring (bicyclic) bond motifs is 2. The van der Waals surface area contributed by atoms with Crippen molar-refractivity contribution in [3.05, 3.63) is 94.5 Å². The Kier molecular flexibility index (Phi) is 5.87. The quantitative estimate of drug-likeness (QED) is 0.509. The van der Waals surface area contributed by atoms with E-state index in [0.717, 1.165) is 24.4 Å². The number of benzene rings is 3. The van der Waals surface area contributed by atoms with E-state index >= 15 is 0 Å². The molecule has 1 unspecified atom stereocenters. The van der Waals surface area contributed by atoms with Crippen LogP contribution in [0.2, 0.25) is 5.02 Å². The first kappa shape index (κ1) is 18.6. The molecule has 0 bridgehead atoms. The van der Waals surface area contributed by atoms with Gasteiger partial charge < -0.3 is 5.32 Å². The second-order valence-corrected chi connectivity index (χ2v) is 8.72. The molecule has 1 aliphatic rings. The van der Waals surface area contributed by atoms with Crippen LogP contribution in [0.25, 0.3) is 0 Å².